The largest absolute Gasteiger partial charge is 0.378 e. The summed E-state index contributed by atoms with van der Waals surface area (Å²) in [5.74, 6) is 0.970. The summed E-state index contributed by atoms with van der Waals surface area (Å²) in [7, 11) is 0. The van der Waals surface area contributed by atoms with Gasteiger partial charge in [0.25, 0.3) is 0 Å². The predicted octanol–water partition coefficient (Wildman–Crippen LogP) is 1.58. The van der Waals surface area contributed by atoms with Crippen molar-refractivity contribution in [3.05, 3.63) is 0 Å². The van der Waals surface area contributed by atoms with Crippen molar-refractivity contribution in [3.63, 3.8) is 0 Å². The van der Waals surface area contributed by atoms with Crippen LogP contribution in [0.15, 0.2) is 0 Å². The zero-order valence-electron chi connectivity index (χ0n) is 5.10. The third kappa shape index (κ3) is 0.752. The second kappa shape index (κ2) is 1.73. The minimum Gasteiger partial charge on any atom is -0.378 e. The highest BCUT2D eigenvalue weighted by Crippen LogP contribution is 2.38. The van der Waals surface area contributed by atoms with Crippen molar-refractivity contribution in [1.29, 1.82) is 0 Å². The molecule has 0 aromatic rings. The van der Waals surface area contributed by atoms with E-state index in [9.17, 15) is 0 Å². The van der Waals surface area contributed by atoms with Crippen LogP contribution in [0.1, 0.15) is 25.7 Å². The van der Waals surface area contributed by atoms with Gasteiger partial charge in [-0.1, -0.05) is 0 Å². The summed E-state index contributed by atoms with van der Waals surface area (Å²) in [6, 6.07) is 0. The van der Waals surface area contributed by atoms with Gasteiger partial charge in [-0.25, -0.2) is 0 Å². The lowest BCUT2D eigenvalue weighted by atomic mass is 10.2. The van der Waals surface area contributed by atoms with Crippen LogP contribution in [0.5, 0.6) is 0 Å². The van der Waals surface area contributed by atoms with Gasteiger partial charge in [-0.2, -0.15) is 0 Å². The third-order valence-corrected chi connectivity index (χ3v) is 2.11. The van der Waals surface area contributed by atoms with E-state index in [0.29, 0.717) is 6.10 Å². The van der Waals surface area contributed by atoms with Gasteiger partial charge >= 0.3 is 0 Å². The lowest BCUT2D eigenvalue weighted by Crippen LogP contribution is -2.05. The van der Waals surface area contributed by atoms with Crippen molar-refractivity contribution in [2.75, 3.05) is 6.61 Å². The molecule has 0 aromatic heterocycles. The maximum atomic E-state index is 5.48. The first-order chi connectivity index (χ1) is 3.97. The molecule has 1 aliphatic heterocycles. The highest BCUT2D eigenvalue weighted by Gasteiger charge is 2.33. The molecule has 2 rings (SSSR count). The Hall–Kier alpha value is -0.0400. The summed E-state index contributed by atoms with van der Waals surface area (Å²) in [6.45, 7) is 1.03. The van der Waals surface area contributed by atoms with Crippen LogP contribution in [-0.4, -0.2) is 12.7 Å². The summed E-state index contributed by atoms with van der Waals surface area (Å²) in [6.07, 6.45) is 6.19. The molecule has 1 atom stereocenters. The molecule has 0 aromatic carbocycles. The molecule has 1 saturated heterocycles. The van der Waals surface area contributed by atoms with Crippen molar-refractivity contribution in [2.24, 2.45) is 5.92 Å². The summed E-state index contributed by atoms with van der Waals surface area (Å²) in [5.41, 5.74) is 0. The zero-order valence-corrected chi connectivity index (χ0v) is 5.10. The van der Waals surface area contributed by atoms with Crippen LogP contribution in [0.4, 0.5) is 0 Å². The topological polar surface area (TPSA) is 9.23 Å². The second-order valence-corrected chi connectivity index (χ2v) is 2.89. The SMILES string of the molecule is C1COC(C2CC2)C1. The van der Waals surface area contributed by atoms with Gasteiger partial charge < -0.3 is 4.74 Å². The second-order valence-electron chi connectivity index (χ2n) is 2.89. The first-order valence-corrected chi connectivity index (χ1v) is 3.58. The fraction of sp³-hybridized carbons (Fsp3) is 1.00. The molecule has 1 nitrogen and oxygen atoms in total. The fourth-order valence-corrected chi connectivity index (χ4v) is 1.44. The van der Waals surface area contributed by atoms with Gasteiger partial charge in [0.1, 0.15) is 0 Å². The van der Waals surface area contributed by atoms with Crippen LogP contribution in [0.2, 0.25) is 0 Å². The molecule has 1 heteroatoms. The highest BCUT2D eigenvalue weighted by molar-refractivity contribution is 4.84. The Labute approximate surface area is 50.0 Å². The van der Waals surface area contributed by atoms with E-state index in [1.54, 1.807) is 0 Å². The van der Waals surface area contributed by atoms with Crippen LogP contribution in [0.3, 0.4) is 0 Å². The van der Waals surface area contributed by atoms with Gasteiger partial charge in [0.05, 0.1) is 6.10 Å². The Balaban J connectivity index is 1.86. The Bertz CT molecular complexity index is 80.4. The van der Waals surface area contributed by atoms with E-state index >= 15 is 0 Å². The molecule has 0 spiro atoms. The van der Waals surface area contributed by atoms with E-state index < -0.39 is 0 Å². The van der Waals surface area contributed by atoms with Gasteiger partial charge in [-0.3, -0.25) is 0 Å². The summed E-state index contributed by atoms with van der Waals surface area (Å²) < 4.78 is 5.48. The van der Waals surface area contributed by atoms with E-state index in [1.165, 1.54) is 25.7 Å². The van der Waals surface area contributed by atoms with Gasteiger partial charge in [-0.15, -0.1) is 0 Å². The summed E-state index contributed by atoms with van der Waals surface area (Å²) >= 11 is 0. The molecule has 1 heterocycles. The Kier molecular flexibility index (Phi) is 1.04. The molecule has 1 saturated carbocycles. The molecule has 0 radical (unpaired) electrons. The minimum atomic E-state index is 0.676. The van der Waals surface area contributed by atoms with Crippen LogP contribution in [0.25, 0.3) is 0 Å². The van der Waals surface area contributed by atoms with Crippen LogP contribution < -0.4 is 0 Å². The fourth-order valence-electron chi connectivity index (χ4n) is 1.44. The third-order valence-electron chi connectivity index (χ3n) is 2.11. The van der Waals surface area contributed by atoms with Crippen LogP contribution in [0, 0.1) is 5.92 Å². The van der Waals surface area contributed by atoms with Crippen LogP contribution in [-0.2, 0) is 4.74 Å². The predicted molar refractivity (Wildman–Crippen MR) is 31.7 cm³/mol. The molecular weight excluding hydrogens is 100 g/mol. The first kappa shape index (κ1) is 4.80. The summed E-state index contributed by atoms with van der Waals surface area (Å²) in [4.78, 5) is 0. The first-order valence-electron chi connectivity index (χ1n) is 3.58. The molecular formula is C7H12O. The Morgan fingerprint density at radius 2 is 2.00 bits per heavy atom. The van der Waals surface area contributed by atoms with Crippen LogP contribution >= 0.6 is 0 Å². The van der Waals surface area contributed by atoms with E-state index in [4.69, 9.17) is 4.74 Å². The van der Waals surface area contributed by atoms with Crippen molar-refractivity contribution in [1.82, 2.24) is 0 Å². The standard InChI is InChI=1S/C7H12O/c1-2-7(8-5-1)6-3-4-6/h6-7H,1-5H2. The van der Waals surface area contributed by atoms with Crippen molar-refractivity contribution < 1.29 is 4.74 Å². The number of ether oxygens (including phenoxy) is 1. The highest BCUT2D eigenvalue weighted by atomic mass is 16.5. The Morgan fingerprint density at radius 3 is 2.50 bits per heavy atom. The molecule has 0 bridgehead atoms. The molecule has 46 valence electrons. The van der Waals surface area contributed by atoms with E-state index in [1.807, 2.05) is 0 Å². The maximum Gasteiger partial charge on any atom is 0.0604 e. The summed E-state index contributed by atoms with van der Waals surface area (Å²) in [5, 5.41) is 0. The van der Waals surface area contributed by atoms with Gasteiger partial charge in [-0.05, 0) is 31.6 Å². The monoisotopic (exact) mass is 112 g/mol. The van der Waals surface area contributed by atoms with E-state index in [-0.39, 0.29) is 0 Å². The van der Waals surface area contributed by atoms with Gasteiger partial charge in [0.2, 0.25) is 0 Å². The smallest absolute Gasteiger partial charge is 0.0604 e. The van der Waals surface area contributed by atoms with Gasteiger partial charge in [0, 0.05) is 6.61 Å². The lowest BCUT2D eigenvalue weighted by molar-refractivity contribution is 0.0942. The quantitative estimate of drug-likeness (QED) is 0.500. The molecule has 0 amide bonds. The normalized spacial score (nSPS) is 38.2. The minimum absolute atomic E-state index is 0.676. The molecule has 2 fully saturated rings. The van der Waals surface area contributed by atoms with Crippen molar-refractivity contribution >= 4 is 0 Å². The molecule has 2 aliphatic rings. The van der Waals surface area contributed by atoms with Crippen molar-refractivity contribution in [2.45, 2.75) is 31.8 Å². The molecule has 1 unspecified atom stereocenters. The number of hydrogen-bond donors (Lipinski definition) is 0. The zero-order chi connectivity index (χ0) is 5.40. The Morgan fingerprint density at radius 1 is 1.12 bits per heavy atom. The average Bonchev–Trinajstić information content (AvgIpc) is 2.49. The van der Waals surface area contributed by atoms with E-state index in [2.05, 4.69) is 0 Å². The molecule has 1 aliphatic carbocycles. The number of hydrogen-bond acceptors (Lipinski definition) is 1. The molecule has 0 N–H and O–H groups in total. The lowest BCUT2D eigenvalue weighted by Gasteiger charge is -2.03. The average molecular weight is 112 g/mol. The van der Waals surface area contributed by atoms with E-state index in [0.717, 1.165) is 12.5 Å². The maximum absolute atomic E-state index is 5.48. The van der Waals surface area contributed by atoms with Crippen molar-refractivity contribution in [3.8, 4) is 0 Å². The van der Waals surface area contributed by atoms with Gasteiger partial charge in [0.15, 0.2) is 0 Å². The number of rotatable bonds is 1. The molecule has 8 heavy (non-hydrogen) atoms.